The van der Waals surface area contributed by atoms with Crippen molar-refractivity contribution in [3.63, 3.8) is 0 Å². The summed E-state index contributed by atoms with van der Waals surface area (Å²) in [5.74, 6) is 0.00966. The molecule has 1 amide bonds. The van der Waals surface area contributed by atoms with E-state index in [1.54, 1.807) is 24.3 Å². The molecule has 1 aliphatic heterocycles. The molecule has 26 heavy (non-hydrogen) atoms. The van der Waals surface area contributed by atoms with Crippen LogP contribution in [0, 0.1) is 0 Å². The summed E-state index contributed by atoms with van der Waals surface area (Å²) in [6.45, 7) is 0.468. The van der Waals surface area contributed by atoms with E-state index < -0.39 is 20.0 Å². The number of sulfonamides is 2. The van der Waals surface area contributed by atoms with E-state index in [1.807, 2.05) is 0 Å². The smallest absolute Gasteiger partial charge is 0.251 e. The Balaban J connectivity index is 1.83. The van der Waals surface area contributed by atoms with Gasteiger partial charge in [-0.2, -0.15) is 8.61 Å². The quantitative estimate of drug-likeness (QED) is 0.644. The van der Waals surface area contributed by atoms with Crippen molar-refractivity contribution in [3.05, 3.63) is 29.8 Å². The first-order chi connectivity index (χ1) is 12.1. The monoisotopic (exact) mass is 405 g/mol. The van der Waals surface area contributed by atoms with Crippen LogP contribution in [0.3, 0.4) is 0 Å². The number of methoxy groups -OCH3 is 1. The third-order valence-corrected chi connectivity index (χ3v) is 7.23. The van der Waals surface area contributed by atoms with E-state index >= 15 is 0 Å². The van der Waals surface area contributed by atoms with Crippen LogP contribution >= 0.6 is 0 Å². The predicted octanol–water partition coefficient (Wildman–Crippen LogP) is -0.668. The fourth-order valence-electron chi connectivity index (χ4n) is 2.55. The molecule has 1 aliphatic rings. The number of benzene rings is 1. The zero-order valence-corrected chi connectivity index (χ0v) is 16.3. The lowest BCUT2D eigenvalue weighted by molar-refractivity contribution is 0.0956. The highest BCUT2D eigenvalue weighted by Crippen LogP contribution is 2.12. The highest BCUT2D eigenvalue weighted by Gasteiger charge is 2.29. The third-order valence-electron chi connectivity index (χ3n) is 4.06. The van der Waals surface area contributed by atoms with Crippen molar-refractivity contribution in [1.29, 1.82) is 0 Å². The average Bonchev–Trinajstić information content (AvgIpc) is 2.61. The van der Waals surface area contributed by atoms with E-state index in [-0.39, 0.29) is 44.4 Å². The maximum Gasteiger partial charge on any atom is 0.251 e. The Morgan fingerprint density at radius 3 is 2.08 bits per heavy atom. The number of nitrogens with one attached hydrogen (secondary N) is 1. The molecule has 2 rings (SSSR count). The first kappa shape index (κ1) is 20.6. The largest absolute Gasteiger partial charge is 0.497 e. The average molecular weight is 405 g/mol. The number of carbonyl (C=O) groups is 1. The van der Waals surface area contributed by atoms with E-state index in [0.29, 0.717) is 11.3 Å². The van der Waals surface area contributed by atoms with Gasteiger partial charge in [-0.15, -0.1) is 0 Å². The molecule has 0 saturated carbocycles. The molecule has 1 saturated heterocycles. The van der Waals surface area contributed by atoms with Gasteiger partial charge in [-0.05, 0) is 24.3 Å². The van der Waals surface area contributed by atoms with Gasteiger partial charge in [-0.1, -0.05) is 0 Å². The fourth-order valence-corrected chi connectivity index (χ4v) is 4.71. The molecule has 1 aromatic carbocycles. The standard InChI is InChI=1S/C15H23N3O6S2/c1-24-14-5-3-13(4-6-14)15(19)16-7-12-26(22,23)18-10-8-17(9-11-18)25(2,20)21/h3-6H,7-12H2,1-2H3,(H,16,19). The van der Waals surface area contributed by atoms with Gasteiger partial charge < -0.3 is 10.1 Å². The first-order valence-corrected chi connectivity index (χ1v) is 11.4. The fraction of sp³-hybridized carbons (Fsp3) is 0.533. The number of ether oxygens (including phenoxy) is 1. The molecule has 0 aliphatic carbocycles. The van der Waals surface area contributed by atoms with Crippen molar-refractivity contribution in [2.45, 2.75) is 0 Å². The second-order valence-electron chi connectivity index (χ2n) is 5.86. The lowest BCUT2D eigenvalue weighted by Gasteiger charge is -2.32. The Hall–Kier alpha value is -1.69. The summed E-state index contributed by atoms with van der Waals surface area (Å²) in [5.41, 5.74) is 0.407. The van der Waals surface area contributed by atoms with Crippen LogP contribution in [0.1, 0.15) is 10.4 Å². The Labute approximate surface area is 154 Å². The van der Waals surface area contributed by atoms with Crippen LogP contribution in [0.5, 0.6) is 5.75 Å². The van der Waals surface area contributed by atoms with Gasteiger partial charge in [0.1, 0.15) is 5.75 Å². The summed E-state index contributed by atoms with van der Waals surface area (Å²) >= 11 is 0. The lowest BCUT2D eigenvalue weighted by atomic mass is 10.2. The number of hydrogen-bond acceptors (Lipinski definition) is 6. The maximum absolute atomic E-state index is 12.3. The molecular weight excluding hydrogens is 382 g/mol. The second-order valence-corrected chi connectivity index (χ2v) is 9.93. The molecule has 1 N–H and O–H groups in total. The molecule has 1 fully saturated rings. The van der Waals surface area contributed by atoms with Gasteiger partial charge in [0.2, 0.25) is 20.0 Å². The lowest BCUT2D eigenvalue weighted by Crippen LogP contribution is -2.51. The van der Waals surface area contributed by atoms with Crippen molar-refractivity contribution >= 4 is 26.0 Å². The van der Waals surface area contributed by atoms with Crippen LogP contribution in [-0.2, 0) is 20.0 Å². The molecule has 0 spiro atoms. The number of piperazine rings is 1. The van der Waals surface area contributed by atoms with Crippen LogP contribution in [0.25, 0.3) is 0 Å². The van der Waals surface area contributed by atoms with Gasteiger partial charge in [-0.3, -0.25) is 4.79 Å². The number of nitrogens with zero attached hydrogens (tertiary/aromatic N) is 2. The number of amides is 1. The van der Waals surface area contributed by atoms with Gasteiger partial charge in [0, 0.05) is 38.3 Å². The van der Waals surface area contributed by atoms with Gasteiger partial charge in [0.05, 0.1) is 19.1 Å². The van der Waals surface area contributed by atoms with Crippen molar-refractivity contribution in [2.24, 2.45) is 0 Å². The van der Waals surface area contributed by atoms with E-state index in [9.17, 15) is 21.6 Å². The number of rotatable bonds is 7. The molecule has 1 aromatic rings. The summed E-state index contributed by atoms with van der Waals surface area (Å²) in [4.78, 5) is 12.0. The summed E-state index contributed by atoms with van der Waals surface area (Å²) in [6.07, 6.45) is 1.10. The van der Waals surface area contributed by atoms with Crippen molar-refractivity contribution in [1.82, 2.24) is 13.9 Å². The minimum atomic E-state index is -3.56. The van der Waals surface area contributed by atoms with E-state index in [1.165, 1.54) is 15.7 Å². The third kappa shape index (κ3) is 5.40. The Bertz CT molecular complexity index is 829. The molecule has 0 aromatic heterocycles. The van der Waals surface area contributed by atoms with E-state index in [0.717, 1.165) is 6.26 Å². The molecule has 1 heterocycles. The molecule has 146 valence electrons. The summed E-state index contributed by atoms with van der Waals surface area (Å²) in [5, 5.41) is 2.57. The summed E-state index contributed by atoms with van der Waals surface area (Å²) < 4.78 is 55.1. The summed E-state index contributed by atoms with van der Waals surface area (Å²) in [7, 11) is -5.35. The van der Waals surface area contributed by atoms with Crippen LogP contribution < -0.4 is 10.1 Å². The molecule has 9 nitrogen and oxygen atoms in total. The van der Waals surface area contributed by atoms with Gasteiger partial charge >= 0.3 is 0 Å². The Morgan fingerprint density at radius 1 is 1.04 bits per heavy atom. The van der Waals surface area contributed by atoms with Crippen LogP contribution in [-0.4, -0.2) is 83.2 Å². The molecule has 0 bridgehead atoms. The Kier molecular flexibility index (Phi) is 6.61. The highest BCUT2D eigenvalue weighted by molar-refractivity contribution is 7.89. The van der Waals surface area contributed by atoms with Crippen LogP contribution in [0.4, 0.5) is 0 Å². The van der Waals surface area contributed by atoms with Gasteiger partial charge in [0.15, 0.2) is 0 Å². The van der Waals surface area contributed by atoms with E-state index in [2.05, 4.69) is 5.32 Å². The zero-order valence-electron chi connectivity index (χ0n) is 14.7. The topological polar surface area (TPSA) is 113 Å². The minimum Gasteiger partial charge on any atom is -0.497 e. The SMILES string of the molecule is COc1ccc(C(=O)NCCS(=O)(=O)N2CCN(S(C)(=O)=O)CC2)cc1. The van der Waals surface area contributed by atoms with Gasteiger partial charge in [-0.25, -0.2) is 16.8 Å². The maximum atomic E-state index is 12.3. The molecule has 0 unspecified atom stereocenters. The predicted molar refractivity (Wildman–Crippen MR) is 97.1 cm³/mol. The molecular formula is C15H23N3O6S2. The number of carbonyl (C=O) groups excluding carboxylic acids is 1. The Morgan fingerprint density at radius 2 is 1.58 bits per heavy atom. The van der Waals surface area contributed by atoms with Crippen LogP contribution in [0.2, 0.25) is 0 Å². The molecule has 11 heteroatoms. The summed E-state index contributed by atoms with van der Waals surface area (Å²) in [6, 6.07) is 6.47. The first-order valence-electron chi connectivity index (χ1n) is 7.99. The zero-order chi connectivity index (χ0) is 19.4. The normalized spacial score (nSPS) is 17.0. The highest BCUT2D eigenvalue weighted by atomic mass is 32.2. The van der Waals surface area contributed by atoms with Gasteiger partial charge in [0.25, 0.3) is 5.91 Å². The van der Waals surface area contributed by atoms with Crippen LogP contribution in [0.15, 0.2) is 24.3 Å². The second kappa shape index (κ2) is 8.33. The van der Waals surface area contributed by atoms with Crippen molar-refractivity contribution in [2.75, 3.05) is 51.8 Å². The van der Waals surface area contributed by atoms with E-state index in [4.69, 9.17) is 4.74 Å². The van der Waals surface area contributed by atoms with Crippen molar-refractivity contribution < 1.29 is 26.4 Å². The van der Waals surface area contributed by atoms with Crippen molar-refractivity contribution in [3.8, 4) is 5.75 Å². The molecule has 0 radical (unpaired) electrons. The molecule has 0 atom stereocenters. The minimum absolute atomic E-state index is 0.0283. The number of hydrogen-bond donors (Lipinski definition) is 1.